The van der Waals surface area contributed by atoms with Gasteiger partial charge in [0.05, 0.1) is 6.42 Å². The maximum Gasteiger partial charge on any atom is 0.315 e. The number of ether oxygens (including phenoxy) is 1. The van der Waals surface area contributed by atoms with Crippen molar-refractivity contribution < 1.29 is 14.3 Å². The van der Waals surface area contributed by atoms with E-state index in [1.54, 1.807) is 6.08 Å². The van der Waals surface area contributed by atoms with E-state index < -0.39 is 5.97 Å². The molecule has 0 radical (unpaired) electrons. The zero-order chi connectivity index (χ0) is 17.9. The van der Waals surface area contributed by atoms with E-state index in [-0.39, 0.29) is 18.1 Å². The Morgan fingerprint density at radius 2 is 1.64 bits per heavy atom. The Morgan fingerprint density at radius 3 is 2.28 bits per heavy atom. The highest BCUT2D eigenvalue weighted by Gasteiger charge is 2.15. The molecule has 2 aromatic carbocycles. The maximum atomic E-state index is 12.4. The average molecular weight is 337 g/mol. The molecule has 4 nitrogen and oxygen atoms in total. The van der Waals surface area contributed by atoms with Gasteiger partial charge in [0.2, 0.25) is 0 Å². The van der Waals surface area contributed by atoms with Gasteiger partial charge in [-0.3, -0.25) is 9.59 Å². The van der Waals surface area contributed by atoms with Crippen molar-refractivity contribution in [3.05, 3.63) is 77.5 Å². The van der Waals surface area contributed by atoms with Gasteiger partial charge in [-0.05, 0) is 23.6 Å². The molecule has 0 spiro atoms. The van der Waals surface area contributed by atoms with Crippen LogP contribution < -0.4 is 5.32 Å². The van der Waals surface area contributed by atoms with Crippen LogP contribution >= 0.6 is 0 Å². The van der Waals surface area contributed by atoms with E-state index in [2.05, 4.69) is 5.32 Å². The molecule has 1 amide bonds. The van der Waals surface area contributed by atoms with Crippen LogP contribution in [0.4, 0.5) is 0 Å². The van der Waals surface area contributed by atoms with Crippen LogP contribution in [0.1, 0.15) is 30.9 Å². The van der Waals surface area contributed by atoms with Gasteiger partial charge in [0.25, 0.3) is 5.91 Å². The third-order valence-electron chi connectivity index (χ3n) is 3.55. The first-order chi connectivity index (χ1) is 12.2. The number of carbonyl (C=O) groups excluding carboxylic acids is 2. The maximum absolute atomic E-state index is 12.4. The summed E-state index contributed by atoms with van der Waals surface area (Å²) in [5.74, 6) is -0.819. The second-order valence-corrected chi connectivity index (χ2v) is 5.67. The molecule has 0 atom stereocenters. The Labute approximate surface area is 148 Å². The van der Waals surface area contributed by atoms with Crippen LogP contribution in [0, 0.1) is 0 Å². The number of hydrogen-bond acceptors (Lipinski definition) is 3. The van der Waals surface area contributed by atoms with Crippen LogP contribution in [-0.4, -0.2) is 18.4 Å². The molecule has 0 fully saturated rings. The zero-order valence-corrected chi connectivity index (χ0v) is 14.4. The number of benzene rings is 2. The standard InChI is InChI=1S/C21H23NO3/c1-2-3-14-22-21(24)19(15-17-10-6-4-7-11-17)25-20(23)16-18-12-8-5-9-13-18/h4-13,15H,2-3,14,16H2,1H3,(H,22,24)/b19-15-. The molecule has 130 valence electrons. The molecule has 0 aliphatic carbocycles. The van der Waals surface area contributed by atoms with Gasteiger partial charge < -0.3 is 10.1 Å². The number of amides is 1. The number of nitrogens with one attached hydrogen (secondary N) is 1. The summed E-state index contributed by atoms with van der Waals surface area (Å²) in [5, 5.41) is 2.79. The zero-order valence-electron chi connectivity index (χ0n) is 14.4. The molecule has 0 aliphatic heterocycles. The number of unbranched alkanes of at least 4 members (excludes halogenated alkanes) is 1. The fourth-order valence-electron chi connectivity index (χ4n) is 2.23. The highest BCUT2D eigenvalue weighted by atomic mass is 16.5. The summed E-state index contributed by atoms with van der Waals surface area (Å²) in [6, 6.07) is 18.6. The predicted molar refractivity (Wildman–Crippen MR) is 98.6 cm³/mol. The third kappa shape index (κ3) is 6.63. The van der Waals surface area contributed by atoms with Crippen LogP contribution in [-0.2, 0) is 20.7 Å². The molecule has 2 rings (SSSR count). The number of carbonyl (C=O) groups is 2. The van der Waals surface area contributed by atoms with Crippen molar-refractivity contribution in [3.63, 3.8) is 0 Å². The van der Waals surface area contributed by atoms with Gasteiger partial charge in [0.15, 0.2) is 5.76 Å². The highest BCUT2D eigenvalue weighted by Crippen LogP contribution is 2.10. The minimum absolute atomic E-state index is 0.0169. The summed E-state index contributed by atoms with van der Waals surface area (Å²) in [4.78, 5) is 24.6. The Balaban J connectivity index is 2.09. The first-order valence-corrected chi connectivity index (χ1v) is 8.48. The van der Waals surface area contributed by atoms with Crippen molar-refractivity contribution >= 4 is 18.0 Å². The second kappa shape index (κ2) is 10.1. The number of esters is 1. The molecule has 0 aromatic heterocycles. The lowest BCUT2D eigenvalue weighted by atomic mass is 10.1. The van der Waals surface area contributed by atoms with Crippen molar-refractivity contribution in [2.75, 3.05) is 6.54 Å². The van der Waals surface area contributed by atoms with E-state index in [1.807, 2.05) is 67.6 Å². The van der Waals surface area contributed by atoms with Crippen LogP contribution in [0.25, 0.3) is 6.08 Å². The average Bonchev–Trinajstić information content (AvgIpc) is 2.63. The molecule has 0 aliphatic rings. The van der Waals surface area contributed by atoms with Crippen molar-refractivity contribution in [3.8, 4) is 0 Å². The van der Waals surface area contributed by atoms with Gasteiger partial charge in [-0.2, -0.15) is 0 Å². The predicted octanol–water partition coefficient (Wildman–Crippen LogP) is 3.73. The van der Waals surface area contributed by atoms with E-state index in [9.17, 15) is 9.59 Å². The van der Waals surface area contributed by atoms with Gasteiger partial charge >= 0.3 is 5.97 Å². The van der Waals surface area contributed by atoms with Gasteiger partial charge in [-0.1, -0.05) is 74.0 Å². The van der Waals surface area contributed by atoms with Crippen molar-refractivity contribution in [2.45, 2.75) is 26.2 Å². The summed E-state index contributed by atoms with van der Waals surface area (Å²) in [7, 11) is 0. The minimum Gasteiger partial charge on any atom is -0.420 e. The summed E-state index contributed by atoms with van der Waals surface area (Å²) in [6.45, 7) is 2.60. The van der Waals surface area contributed by atoms with E-state index in [0.29, 0.717) is 6.54 Å². The van der Waals surface area contributed by atoms with Gasteiger partial charge in [-0.15, -0.1) is 0 Å². The number of rotatable bonds is 8. The molecular weight excluding hydrogens is 314 g/mol. The molecular formula is C21H23NO3. The lowest BCUT2D eigenvalue weighted by molar-refractivity contribution is -0.142. The molecule has 4 heteroatoms. The summed E-state index contributed by atoms with van der Waals surface area (Å²) < 4.78 is 5.36. The van der Waals surface area contributed by atoms with E-state index >= 15 is 0 Å². The van der Waals surface area contributed by atoms with E-state index in [1.165, 1.54) is 0 Å². The number of hydrogen-bond donors (Lipinski definition) is 1. The van der Waals surface area contributed by atoms with Crippen LogP contribution in [0.3, 0.4) is 0 Å². The Bertz CT molecular complexity index is 708. The Kier molecular flexibility index (Phi) is 7.44. The fraction of sp³-hybridized carbons (Fsp3) is 0.238. The largest absolute Gasteiger partial charge is 0.420 e. The van der Waals surface area contributed by atoms with Crippen LogP contribution in [0.5, 0.6) is 0 Å². The lowest BCUT2D eigenvalue weighted by Gasteiger charge is -2.10. The van der Waals surface area contributed by atoms with Crippen molar-refractivity contribution in [1.29, 1.82) is 0 Å². The molecule has 0 saturated heterocycles. The SMILES string of the molecule is CCCCNC(=O)/C(=C/c1ccccc1)OC(=O)Cc1ccccc1. The fourth-order valence-corrected chi connectivity index (χ4v) is 2.23. The highest BCUT2D eigenvalue weighted by molar-refractivity contribution is 5.98. The summed E-state index contributed by atoms with van der Waals surface area (Å²) >= 11 is 0. The van der Waals surface area contributed by atoms with Gasteiger partial charge in [0.1, 0.15) is 0 Å². The van der Waals surface area contributed by atoms with Gasteiger partial charge in [0, 0.05) is 6.54 Å². The lowest BCUT2D eigenvalue weighted by Crippen LogP contribution is -2.28. The molecule has 2 aromatic rings. The van der Waals surface area contributed by atoms with Crippen LogP contribution in [0.2, 0.25) is 0 Å². The minimum atomic E-state index is -0.459. The van der Waals surface area contributed by atoms with E-state index in [4.69, 9.17) is 4.74 Å². The van der Waals surface area contributed by atoms with Crippen LogP contribution in [0.15, 0.2) is 66.4 Å². The molecule has 0 saturated carbocycles. The normalized spacial score (nSPS) is 11.0. The van der Waals surface area contributed by atoms with Gasteiger partial charge in [-0.25, -0.2) is 0 Å². The Hall–Kier alpha value is -2.88. The molecule has 0 heterocycles. The summed E-state index contributed by atoms with van der Waals surface area (Å²) in [5.41, 5.74) is 1.65. The molecule has 0 bridgehead atoms. The van der Waals surface area contributed by atoms with Crippen molar-refractivity contribution in [1.82, 2.24) is 5.32 Å². The Morgan fingerprint density at radius 1 is 1.00 bits per heavy atom. The monoisotopic (exact) mass is 337 g/mol. The van der Waals surface area contributed by atoms with E-state index in [0.717, 1.165) is 24.0 Å². The summed E-state index contributed by atoms with van der Waals surface area (Å²) in [6.07, 6.45) is 3.56. The second-order valence-electron chi connectivity index (χ2n) is 5.67. The first-order valence-electron chi connectivity index (χ1n) is 8.48. The van der Waals surface area contributed by atoms with Crippen molar-refractivity contribution in [2.24, 2.45) is 0 Å². The molecule has 25 heavy (non-hydrogen) atoms. The molecule has 1 N–H and O–H groups in total. The quantitative estimate of drug-likeness (QED) is 0.346. The smallest absolute Gasteiger partial charge is 0.315 e. The topological polar surface area (TPSA) is 55.4 Å². The first kappa shape index (κ1) is 18.5. The third-order valence-corrected chi connectivity index (χ3v) is 3.55. The molecule has 0 unspecified atom stereocenters.